The largest absolute Gasteiger partial charge is 0.396 e. The van der Waals surface area contributed by atoms with Crippen LogP contribution in [0.3, 0.4) is 0 Å². The Labute approximate surface area is 111 Å². The first-order valence-corrected chi connectivity index (χ1v) is 6.38. The molecule has 2 unspecified atom stereocenters. The number of aliphatic hydroxyl groups is 1. The third-order valence-corrected chi connectivity index (χ3v) is 2.97. The van der Waals surface area contributed by atoms with Gasteiger partial charge in [-0.05, 0) is 24.4 Å². The molecule has 0 saturated heterocycles. The summed E-state index contributed by atoms with van der Waals surface area (Å²) in [5, 5.41) is 11.7. The second-order valence-corrected chi connectivity index (χ2v) is 4.81. The quantitative estimate of drug-likeness (QED) is 0.800. The van der Waals surface area contributed by atoms with Crippen LogP contribution in [0.5, 0.6) is 0 Å². The molecule has 5 heteroatoms. The van der Waals surface area contributed by atoms with Crippen molar-refractivity contribution in [3.63, 3.8) is 0 Å². The van der Waals surface area contributed by atoms with Crippen LogP contribution in [0.25, 0.3) is 0 Å². The van der Waals surface area contributed by atoms with Crippen molar-refractivity contribution in [1.29, 1.82) is 0 Å². The number of aliphatic hydroxyl groups excluding tert-OH is 1. The van der Waals surface area contributed by atoms with Crippen LogP contribution in [-0.4, -0.2) is 24.4 Å². The zero-order valence-corrected chi connectivity index (χ0v) is 11.0. The predicted molar refractivity (Wildman–Crippen MR) is 68.7 cm³/mol. The van der Waals surface area contributed by atoms with Crippen molar-refractivity contribution >= 4 is 0 Å². The number of rotatable bonds is 7. The highest BCUT2D eigenvalue weighted by atomic mass is 19.4. The third-order valence-electron chi connectivity index (χ3n) is 2.97. The molecular formula is C14H20F3NO. The summed E-state index contributed by atoms with van der Waals surface area (Å²) in [5.74, 6) is 0.143. The van der Waals surface area contributed by atoms with E-state index in [-0.39, 0.29) is 12.5 Å². The molecule has 0 saturated carbocycles. The van der Waals surface area contributed by atoms with Crippen molar-refractivity contribution in [3.05, 3.63) is 35.9 Å². The van der Waals surface area contributed by atoms with E-state index in [9.17, 15) is 13.2 Å². The summed E-state index contributed by atoms with van der Waals surface area (Å²) in [6.45, 7) is 2.41. The lowest BCUT2D eigenvalue weighted by molar-refractivity contribution is -0.140. The summed E-state index contributed by atoms with van der Waals surface area (Å²) in [5.41, 5.74) is 0.635. The van der Waals surface area contributed by atoms with Gasteiger partial charge in [-0.2, -0.15) is 13.2 Å². The normalized spacial score (nSPS) is 15.2. The summed E-state index contributed by atoms with van der Waals surface area (Å²) in [7, 11) is 0. The van der Waals surface area contributed by atoms with Crippen LogP contribution in [0.1, 0.15) is 31.4 Å². The Bertz CT molecular complexity index is 353. The molecule has 0 fully saturated rings. The van der Waals surface area contributed by atoms with Crippen molar-refractivity contribution in [3.8, 4) is 0 Å². The first kappa shape index (κ1) is 16.0. The zero-order valence-electron chi connectivity index (χ0n) is 11.0. The van der Waals surface area contributed by atoms with E-state index in [1.807, 2.05) is 6.92 Å². The lowest BCUT2D eigenvalue weighted by Crippen LogP contribution is -2.30. The Balaban J connectivity index is 2.65. The van der Waals surface area contributed by atoms with Crippen LogP contribution >= 0.6 is 0 Å². The summed E-state index contributed by atoms with van der Waals surface area (Å²) in [4.78, 5) is 0. The van der Waals surface area contributed by atoms with Crippen LogP contribution in [-0.2, 0) is 0 Å². The minimum atomic E-state index is -4.20. The number of halogens is 3. The van der Waals surface area contributed by atoms with Gasteiger partial charge in [0.05, 0.1) is 6.42 Å². The molecule has 108 valence electrons. The maximum Gasteiger partial charge on any atom is 0.390 e. The van der Waals surface area contributed by atoms with E-state index in [0.717, 1.165) is 0 Å². The highest BCUT2D eigenvalue weighted by Gasteiger charge is 2.32. The SMILES string of the molecule is CC(CCO)CNC(CC(F)(F)F)c1ccccc1. The molecule has 2 atom stereocenters. The Kier molecular flexibility index (Phi) is 6.31. The maximum atomic E-state index is 12.6. The molecule has 0 radical (unpaired) electrons. The summed E-state index contributed by atoms with van der Waals surface area (Å²) < 4.78 is 37.8. The first-order chi connectivity index (χ1) is 8.92. The molecule has 0 heterocycles. The average Bonchev–Trinajstić information content (AvgIpc) is 2.34. The smallest absolute Gasteiger partial charge is 0.390 e. The number of nitrogens with one attached hydrogen (secondary N) is 1. The van der Waals surface area contributed by atoms with E-state index < -0.39 is 18.6 Å². The molecule has 0 bridgehead atoms. The third kappa shape index (κ3) is 6.59. The Morgan fingerprint density at radius 3 is 2.37 bits per heavy atom. The van der Waals surface area contributed by atoms with Gasteiger partial charge in [0, 0.05) is 12.6 Å². The fourth-order valence-electron chi connectivity index (χ4n) is 1.89. The summed E-state index contributed by atoms with van der Waals surface area (Å²) in [6.07, 6.45) is -4.50. The highest BCUT2D eigenvalue weighted by Crippen LogP contribution is 2.29. The number of alkyl halides is 3. The van der Waals surface area contributed by atoms with Crippen molar-refractivity contribution in [2.24, 2.45) is 5.92 Å². The van der Waals surface area contributed by atoms with E-state index in [1.165, 1.54) is 0 Å². The van der Waals surface area contributed by atoms with E-state index in [4.69, 9.17) is 5.11 Å². The molecular weight excluding hydrogens is 255 g/mol. The summed E-state index contributed by atoms with van der Waals surface area (Å²) in [6, 6.07) is 7.90. The zero-order chi connectivity index (χ0) is 14.3. The van der Waals surface area contributed by atoms with Gasteiger partial charge in [-0.3, -0.25) is 0 Å². The Morgan fingerprint density at radius 2 is 1.84 bits per heavy atom. The fourth-order valence-corrected chi connectivity index (χ4v) is 1.89. The topological polar surface area (TPSA) is 32.3 Å². The van der Waals surface area contributed by atoms with E-state index in [0.29, 0.717) is 18.5 Å². The van der Waals surface area contributed by atoms with Gasteiger partial charge in [-0.25, -0.2) is 0 Å². The van der Waals surface area contributed by atoms with Crippen LogP contribution in [0, 0.1) is 5.92 Å². The maximum absolute atomic E-state index is 12.6. The van der Waals surface area contributed by atoms with Crippen molar-refractivity contribution in [1.82, 2.24) is 5.32 Å². The van der Waals surface area contributed by atoms with Crippen molar-refractivity contribution in [2.45, 2.75) is 32.0 Å². The van der Waals surface area contributed by atoms with Crippen LogP contribution in [0.15, 0.2) is 30.3 Å². The molecule has 0 aromatic heterocycles. The Morgan fingerprint density at radius 1 is 1.21 bits per heavy atom. The van der Waals surface area contributed by atoms with Gasteiger partial charge in [0.1, 0.15) is 0 Å². The van der Waals surface area contributed by atoms with Gasteiger partial charge >= 0.3 is 6.18 Å². The molecule has 2 nitrogen and oxygen atoms in total. The van der Waals surface area contributed by atoms with E-state index in [2.05, 4.69) is 5.32 Å². The standard InChI is InChI=1S/C14H20F3NO/c1-11(7-8-19)10-18-13(9-14(15,16)17)12-5-3-2-4-6-12/h2-6,11,13,18-19H,7-10H2,1H3. The number of hydrogen-bond acceptors (Lipinski definition) is 2. The van der Waals surface area contributed by atoms with Crippen molar-refractivity contribution in [2.75, 3.05) is 13.2 Å². The number of hydrogen-bond donors (Lipinski definition) is 2. The van der Waals surface area contributed by atoms with E-state index in [1.54, 1.807) is 30.3 Å². The molecule has 1 rings (SSSR count). The van der Waals surface area contributed by atoms with Gasteiger partial charge in [0.25, 0.3) is 0 Å². The first-order valence-electron chi connectivity index (χ1n) is 6.38. The molecule has 0 aliphatic heterocycles. The van der Waals surface area contributed by atoms with Crippen LogP contribution in [0.4, 0.5) is 13.2 Å². The van der Waals surface area contributed by atoms with Gasteiger partial charge < -0.3 is 10.4 Å². The molecule has 1 aromatic rings. The van der Waals surface area contributed by atoms with Gasteiger partial charge in [-0.1, -0.05) is 37.3 Å². The van der Waals surface area contributed by atoms with Gasteiger partial charge in [0.15, 0.2) is 0 Å². The molecule has 0 aliphatic rings. The Hall–Kier alpha value is -1.07. The monoisotopic (exact) mass is 275 g/mol. The second kappa shape index (κ2) is 7.50. The molecule has 1 aromatic carbocycles. The van der Waals surface area contributed by atoms with Gasteiger partial charge in [-0.15, -0.1) is 0 Å². The minimum absolute atomic E-state index is 0.0537. The fraction of sp³-hybridized carbons (Fsp3) is 0.571. The van der Waals surface area contributed by atoms with Crippen molar-refractivity contribution < 1.29 is 18.3 Å². The predicted octanol–water partition coefficient (Wildman–Crippen LogP) is 3.29. The van der Waals surface area contributed by atoms with E-state index >= 15 is 0 Å². The summed E-state index contributed by atoms with van der Waals surface area (Å²) >= 11 is 0. The molecule has 2 N–H and O–H groups in total. The molecule has 0 amide bonds. The van der Waals surface area contributed by atoms with Crippen LogP contribution in [0.2, 0.25) is 0 Å². The molecule has 19 heavy (non-hydrogen) atoms. The second-order valence-electron chi connectivity index (χ2n) is 4.81. The van der Waals surface area contributed by atoms with Crippen LogP contribution < -0.4 is 5.32 Å². The average molecular weight is 275 g/mol. The van der Waals surface area contributed by atoms with Gasteiger partial charge in [0.2, 0.25) is 0 Å². The molecule has 0 spiro atoms. The number of benzene rings is 1. The molecule has 0 aliphatic carbocycles. The lowest BCUT2D eigenvalue weighted by Gasteiger charge is -2.22. The highest BCUT2D eigenvalue weighted by molar-refractivity contribution is 5.19. The lowest BCUT2D eigenvalue weighted by atomic mass is 10.0. The minimum Gasteiger partial charge on any atom is -0.396 e.